The Bertz CT molecular complexity index is 1450. The Morgan fingerprint density at radius 3 is 2.79 bits per heavy atom. The van der Waals surface area contributed by atoms with Crippen molar-refractivity contribution in [3.63, 3.8) is 0 Å². The molecular formula is C27H25F2N7OS. The molecule has 0 spiro atoms. The van der Waals surface area contributed by atoms with Crippen LogP contribution in [0.5, 0.6) is 5.88 Å². The SMILES string of the molecule is CC#CCOc1cnc(/C(F)=C/c2ccc(F)c([C@]34CN(c5ncc(C)cn5)C[C@H]3CSC(N)=N4)c2)cn1. The molecule has 0 amide bonds. The number of hydrogen-bond donors (Lipinski definition) is 1. The first-order valence-corrected chi connectivity index (χ1v) is 12.9. The second-order valence-electron chi connectivity index (χ2n) is 9.01. The lowest BCUT2D eigenvalue weighted by atomic mass is 9.81. The highest BCUT2D eigenvalue weighted by atomic mass is 32.2. The number of aliphatic imine (C=N–C) groups is 1. The Kier molecular flexibility index (Phi) is 7.24. The fraction of sp³-hybridized carbons (Fsp3) is 0.296. The molecular weight excluding hydrogens is 508 g/mol. The van der Waals surface area contributed by atoms with E-state index in [2.05, 4.69) is 31.8 Å². The maximum Gasteiger partial charge on any atom is 0.233 e. The van der Waals surface area contributed by atoms with E-state index in [1.165, 1.54) is 42.4 Å². The van der Waals surface area contributed by atoms with Crippen molar-refractivity contribution in [2.75, 3.05) is 30.3 Å². The van der Waals surface area contributed by atoms with E-state index >= 15 is 8.78 Å². The molecule has 0 aliphatic carbocycles. The van der Waals surface area contributed by atoms with Crippen molar-refractivity contribution in [3.8, 4) is 17.7 Å². The third-order valence-electron chi connectivity index (χ3n) is 6.43. The van der Waals surface area contributed by atoms with E-state index in [0.717, 1.165) is 5.56 Å². The van der Waals surface area contributed by atoms with E-state index in [1.54, 1.807) is 25.4 Å². The summed E-state index contributed by atoms with van der Waals surface area (Å²) in [7, 11) is 0. The molecule has 0 radical (unpaired) electrons. The van der Waals surface area contributed by atoms with Crippen molar-refractivity contribution < 1.29 is 13.5 Å². The molecule has 5 rings (SSSR count). The summed E-state index contributed by atoms with van der Waals surface area (Å²) < 4.78 is 35.8. The molecule has 2 N–H and O–H groups in total. The van der Waals surface area contributed by atoms with Gasteiger partial charge in [-0.2, -0.15) is 0 Å². The number of thioether (sulfide) groups is 1. The van der Waals surface area contributed by atoms with Gasteiger partial charge in [0.05, 0.1) is 18.9 Å². The Balaban J connectivity index is 1.46. The Hall–Kier alpha value is -4.04. The average molecular weight is 534 g/mol. The lowest BCUT2D eigenvalue weighted by molar-refractivity contribution is 0.353. The number of nitrogens with two attached hydrogens (primary N) is 1. The predicted octanol–water partition coefficient (Wildman–Crippen LogP) is 3.98. The largest absolute Gasteiger partial charge is 0.463 e. The van der Waals surface area contributed by atoms with Gasteiger partial charge in [0.2, 0.25) is 11.8 Å². The molecule has 194 valence electrons. The molecule has 0 unspecified atom stereocenters. The summed E-state index contributed by atoms with van der Waals surface area (Å²) in [6.45, 7) is 4.73. The molecule has 38 heavy (non-hydrogen) atoms. The Labute approximate surface area is 223 Å². The van der Waals surface area contributed by atoms with Crippen LogP contribution in [0.4, 0.5) is 14.7 Å². The monoisotopic (exact) mass is 533 g/mol. The molecule has 1 saturated heterocycles. The maximum atomic E-state index is 15.4. The first-order valence-electron chi connectivity index (χ1n) is 11.9. The lowest BCUT2D eigenvalue weighted by Gasteiger charge is -2.35. The number of aryl methyl sites for hydroxylation is 1. The second kappa shape index (κ2) is 10.8. The van der Waals surface area contributed by atoms with Crippen molar-refractivity contribution in [2.45, 2.75) is 19.4 Å². The van der Waals surface area contributed by atoms with Crippen molar-refractivity contribution in [1.82, 2.24) is 19.9 Å². The lowest BCUT2D eigenvalue weighted by Crippen LogP contribution is -2.40. The summed E-state index contributed by atoms with van der Waals surface area (Å²) in [4.78, 5) is 23.8. The molecule has 2 aromatic heterocycles. The molecule has 2 atom stereocenters. The molecule has 1 aromatic carbocycles. The average Bonchev–Trinajstić information content (AvgIpc) is 3.30. The number of fused-ring (bicyclic) bond motifs is 1. The van der Waals surface area contributed by atoms with Crippen molar-refractivity contribution in [2.24, 2.45) is 16.6 Å². The fourth-order valence-electron chi connectivity index (χ4n) is 4.58. The van der Waals surface area contributed by atoms with Gasteiger partial charge in [0, 0.05) is 36.2 Å². The van der Waals surface area contributed by atoms with Crippen LogP contribution < -0.4 is 15.4 Å². The maximum absolute atomic E-state index is 15.4. The highest BCUT2D eigenvalue weighted by Gasteiger charge is 2.52. The summed E-state index contributed by atoms with van der Waals surface area (Å²) in [5, 5.41) is 0.391. The van der Waals surface area contributed by atoms with Crippen molar-refractivity contribution in [1.29, 1.82) is 0 Å². The first-order chi connectivity index (χ1) is 18.4. The van der Waals surface area contributed by atoms with Gasteiger partial charge in [0.1, 0.15) is 17.1 Å². The van der Waals surface area contributed by atoms with Crippen LogP contribution in [-0.2, 0) is 5.54 Å². The second-order valence-corrected chi connectivity index (χ2v) is 10.1. The fourth-order valence-corrected chi connectivity index (χ4v) is 5.56. The molecule has 0 bridgehead atoms. The van der Waals surface area contributed by atoms with Crippen LogP contribution in [0.25, 0.3) is 11.9 Å². The highest BCUT2D eigenvalue weighted by molar-refractivity contribution is 8.13. The summed E-state index contributed by atoms with van der Waals surface area (Å²) in [5.41, 5.74) is 6.99. The van der Waals surface area contributed by atoms with Crippen LogP contribution >= 0.6 is 11.8 Å². The highest BCUT2D eigenvalue weighted by Crippen LogP contribution is 2.47. The van der Waals surface area contributed by atoms with Crippen LogP contribution in [0.3, 0.4) is 0 Å². The van der Waals surface area contributed by atoms with E-state index in [9.17, 15) is 0 Å². The van der Waals surface area contributed by atoms with Crippen LogP contribution in [0.15, 0.2) is 48.0 Å². The Morgan fingerprint density at radius 2 is 2.05 bits per heavy atom. The van der Waals surface area contributed by atoms with E-state index in [-0.39, 0.29) is 24.1 Å². The standard InChI is InChI=1S/C27H25F2N7OS/c1-3-4-7-37-24-13-31-23(12-32-24)22(29)9-18-5-6-21(28)20(8-18)27-16-36(26-33-10-17(2)11-34-26)14-19(27)15-38-25(30)35-27/h5-6,8-13,19H,7,14-16H2,1-2H3,(H2,30,35)/b22-9-/t19-,27-/m0/s1. The number of amidine groups is 1. The molecule has 1 fully saturated rings. The molecule has 3 aromatic rings. The number of nitrogens with zero attached hydrogens (tertiary/aromatic N) is 6. The van der Waals surface area contributed by atoms with Crippen LogP contribution in [0, 0.1) is 30.5 Å². The molecule has 2 aliphatic heterocycles. The topological polar surface area (TPSA) is 102 Å². The van der Waals surface area contributed by atoms with E-state index < -0.39 is 17.2 Å². The minimum Gasteiger partial charge on any atom is -0.463 e. The molecule has 8 nitrogen and oxygen atoms in total. The van der Waals surface area contributed by atoms with Gasteiger partial charge in [-0.1, -0.05) is 23.7 Å². The zero-order valence-electron chi connectivity index (χ0n) is 20.9. The normalized spacial score (nSPS) is 20.8. The number of anilines is 1. The zero-order chi connectivity index (χ0) is 26.7. The smallest absolute Gasteiger partial charge is 0.233 e. The third-order valence-corrected chi connectivity index (χ3v) is 7.39. The van der Waals surface area contributed by atoms with Crippen molar-refractivity contribution >= 4 is 34.8 Å². The number of hydrogen-bond acceptors (Lipinski definition) is 9. The van der Waals surface area contributed by atoms with Crippen molar-refractivity contribution in [3.05, 3.63) is 71.2 Å². The quantitative estimate of drug-likeness (QED) is 0.475. The number of rotatable bonds is 6. The number of ether oxygens (including phenoxy) is 1. The molecule has 0 saturated carbocycles. The summed E-state index contributed by atoms with van der Waals surface area (Å²) in [6, 6.07) is 4.47. The van der Waals surface area contributed by atoms with E-state index in [4.69, 9.17) is 15.5 Å². The third kappa shape index (κ3) is 5.17. The van der Waals surface area contributed by atoms with Gasteiger partial charge in [-0.25, -0.2) is 33.7 Å². The van der Waals surface area contributed by atoms with Crippen LogP contribution in [0.1, 0.15) is 29.3 Å². The van der Waals surface area contributed by atoms with Crippen LogP contribution in [0.2, 0.25) is 0 Å². The summed E-state index contributed by atoms with van der Waals surface area (Å²) in [5.74, 6) is 5.83. The summed E-state index contributed by atoms with van der Waals surface area (Å²) in [6.07, 6.45) is 7.40. The van der Waals surface area contributed by atoms with Gasteiger partial charge < -0.3 is 15.4 Å². The first kappa shape index (κ1) is 25.6. The van der Waals surface area contributed by atoms with Gasteiger partial charge >= 0.3 is 0 Å². The van der Waals surface area contributed by atoms with Crippen LogP contribution in [-0.4, -0.2) is 50.6 Å². The number of aromatic nitrogens is 4. The van der Waals surface area contributed by atoms with Gasteiger partial charge in [0.15, 0.2) is 17.6 Å². The molecule has 11 heteroatoms. The zero-order valence-corrected chi connectivity index (χ0v) is 21.7. The number of benzene rings is 1. The van der Waals surface area contributed by atoms with E-state index in [1.807, 2.05) is 11.8 Å². The van der Waals surface area contributed by atoms with E-state index in [0.29, 0.717) is 41.1 Å². The number of halogens is 2. The minimum absolute atomic E-state index is 0.0285. The van der Waals surface area contributed by atoms with Gasteiger partial charge in [-0.05, 0) is 43.2 Å². The molecule has 2 aliphatic rings. The summed E-state index contributed by atoms with van der Waals surface area (Å²) >= 11 is 1.45. The minimum atomic E-state index is -0.950. The van der Waals surface area contributed by atoms with Gasteiger partial charge in [-0.3, -0.25) is 0 Å². The molecule has 4 heterocycles. The Morgan fingerprint density at radius 1 is 1.24 bits per heavy atom. The predicted molar refractivity (Wildman–Crippen MR) is 145 cm³/mol. The van der Waals surface area contributed by atoms with Gasteiger partial charge in [0.25, 0.3) is 0 Å². The van der Waals surface area contributed by atoms with Gasteiger partial charge in [-0.15, -0.1) is 5.92 Å².